The van der Waals surface area contributed by atoms with E-state index in [0.717, 1.165) is 74.3 Å². The first-order valence-corrected chi connectivity index (χ1v) is 10.5. The largest absolute Gasteiger partial charge is 0.490 e. The van der Waals surface area contributed by atoms with Gasteiger partial charge in [0.2, 0.25) is 5.91 Å². The van der Waals surface area contributed by atoms with Crippen molar-refractivity contribution in [3.8, 4) is 11.5 Å². The normalized spacial score (nSPS) is 16.9. The van der Waals surface area contributed by atoms with Crippen molar-refractivity contribution in [3.05, 3.63) is 18.2 Å². The molecule has 152 valence electrons. The first kappa shape index (κ1) is 22.1. The van der Waals surface area contributed by atoms with E-state index in [-0.39, 0.29) is 18.3 Å². The number of hydrogen-bond donors (Lipinski definition) is 2. The van der Waals surface area contributed by atoms with Gasteiger partial charge in [-0.3, -0.25) is 4.79 Å². The van der Waals surface area contributed by atoms with Crippen LogP contribution < -0.4 is 20.1 Å². The second kappa shape index (κ2) is 12.3. The maximum atomic E-state index is 12.0. The van der Waals surface area contributed by atoms with Crippen LogP contribution in [-0.4, -0.2) is 69.0 Å². The fourth-order valence-corrected chi connectivity index (χ4v) is 3.93. The number of nitrogens with zero attached hydrogens (tertiary/aromatic N) is 1. The fraction of sp³-hybridized carbons (Fsp3) is 0.632. The van der Waals surface area contributed by atoms with Gasteiger partial charge in [-0.05, 0) is 31.2 Å². The highest BCUT2D eigenvalue weighted by molar-refractivity contribution is 7.99. The molecule has 0 aromatic heterocycles. The van der Waals surface area contributed by atoms with Gasteiger partial charge in [0.1, 0.15) is 0 Å². The number of piperazine rings is 1. The molecular weight excluding hydrogens is 386 g/mol. The minimum absolute atomic E-state index is 0. The van der Waals surface area contributed by atoms with Gasteiger partial charge in [0.15, 0.2) is 11.5 Å². The average Bonchev–Trinajstić information content (AvgIpc) is 2.91. The Morgan fingerprint density at radius 3 is 2.78 bits per heavy atom. The van der Waals surface area contributed by atoms with Crippen LogP contribution in [0.4, 0.5) is 0 Å². The summed E-state index contributed by atoms with van der Waals surface area (Å²) in [5, 5.41) is 6.38. The first-order valence-electron chi connectivity index (χ1n) is 9.53. The van der Waals surface area contributed by atoms with Gasteiger partial charge < -0.3 is 25.0 Å². The molecule has 1 amide bonds. The smallest absolute Gasteiger partial charge is 0.220 e. The number of amides is 1. The Labute approximate surface area is 172 Å². The van der Waals surface area contributed by atoms with Crippen LogP contribution in [0.15, 0.2) is 23.1 Å². The molecule has 2 aliphatic heterocycles. The van der Waals surface area contributed by atoms with Crippen molar-refractivity contribution in [2.45, 2.75) is 24.2 Å². The summed E-state index contributed by atoms with van der Waals surface area (Å²) in [6, 6.07) is 6.00. The van der Waals surface area contributed by atoms with Crippen LogP contribution in [0.1, 0.15) is 19.3 Å². The molecule has 0 atom stereocenters. The Hall–Kier alpha value is -1.15. The number of carbonyl (C=O) groups is 1. The first-order chi connectivity index (χ1) is 12.8. The number of hydrogen-bond acceptors (Lipinski definition) is 6. The fourth-order valence-electron chi connectivity index (χ4n) is 3.05. The van der Waals surface area contributed by atoms with Crippen molar-refractivity contribution in [2.75, 3.05) is 58.2 Å². The summed E-state index contributed by atoms with van der Waals surface area (Å²) in [7, 11) is 0. The summed E-state index contributed by atoms with van der Waals surface area (Å²) in [5.74, 6) is 2.52. The van der Waals surface area contributed by atoms with Crippen LogP contribution in [0.25, 0.3) is 0 Å². The molecule has 2 heterocycles. The van der Waals surface area contributed by atoms with Crippen LogP contribution in [0.3, 0.4) is 0 Å². The molecular formula is C19H30ClN3O3S. The second-order valence-electron chi connectivity index (χ2n) is 6.55. The number of halogens is 1. The molecule has 6 nitrogen and oxygen atoms in total. The molecule has 2 aliphatic rings. The molecule has 8 heteroatoms. The Bertz CT molecular complexity index is 585. The maximum absolute atomic E-state index is 12.0. The molecule has 1 saturated heterocycles. The zero-order valence-corrected chi connectivity index (χ0v) is 17.3. The van der Waals surface area contributed by atoms with Crippen molar-refractivity contribution >= 4 is 30.1 Å². The number of fused-ring (bicyclic) bond motifs is 1. The molecule has 1 aromatic carbocycles. The van der Waals surface area contributed by atoms with E-state index < -0.39 is 0 Å². The van der Waals surface area contributed by atoms with Crippen LogP contribution >= 0.6 is 24.2 Å². The number of benzene rings is 1. The molecule has 0 saturated carbocycles. The minimum Gasteiger partial charge on any atom is -0.490 e. The number of thioether (sulfide) groups is 1. The highest BCUT2D eigenvalue weighted by atomic mass is 35.5. The van der Waals surface area contributed by atoms with Crippen molar-refractivity contribution in [1.29, 1.82) is 0 Å². The van der Waals surface area contributed by atoms with E-state index in [1.165, 1.54) is 0 Å². The summed E-state index contributed by atoms with van der Waals surface area (Å²) >= 11 is 1.68. The molecule has 0 spiro atoms. The van der Waals surface area contributed by atoms with Gasteiger partial charge in [0.05, 0.1) is 13.2 Å². The van der Waals surface area contributed by atoms with Crippen molar-refractivity contribution in [2.24, 2.45) is 0 Å². The SMILES string of the molecule is Cl.O=C(CCSc1ccc2c(c1)OCCCO2)NCCCN1CCNCC1. The Morgan fingerprint density at radius 1 is 1.19 bits per heavy atom. The molecule has 0 unspecified atom stereocenters. The Balaban J connectivity index is 0.00000261. The summed E-state index contributed by atoms with van der Waals surface area (Å²) < 4.78 is 11.3. The quantitative estimate of drug-likeness (QED) is 0.501. The molecule has 0 aliphatic carbocycles. The van der Waals surface area contributed by atoms with E-state index in [1.807, 2.05) is 18.2 Å². The number of nitrogens with one attached hydrogen (secondary N) is 2. The van der Waals surface area contributed by atoms with E-state index in [1.54, 1.807) is 11.8 Å². The van der Waals surface area contributed by atoms with Gasteiger partial charge in [0.25, 0.3) is 0 Å². The predicted octanol–water partition coefficient (Wildman–Crippen LogP) is 2.16. The molecule has 2 N–H and O–H groups in total. The van der Waals surface area contributed by atoms with Gasteiger partial charge in [-0.2, -0.15) is 0 Å². The lowest BCUT2D eigenvalue weighted by Gasteiger charge is -2.27. The lowest BCUT2D eigenvalue weighted by atomic mass is 10.3. The lowest BCUT2D eigenvalue weighted by Crippen LogP contribution is -2.44. The van der Waals surface area contributed by atoms with E-state index in [2.05, 4.69) is 15.5 Å². The third-order valence-electron chi connectivity index (χ3n) is 4.50. The Morgan fingerprint density at radius 2 is 1.96 bits per heavy atom. The number of ether oxygens (including phenoxy) is 2. The van der Waals surface area contributed by atoms with Crippen molar-refractivity contribution in [3.63, 3.8) is 0 Å². The summed E-state index contributed by atoms with van der Waals surface area (Å²) in [5.41, 5.74) is 0. The minimum atomic E-state index is 0. The average molecular weight is 416 g/mol. The van der Waals surface area contributed by atoms with Crippen molar-refractivity contribution < 1.29 is 14.3 Å². The van der Waals surface area contributed by atoms with Crippen LogP contribution in [0.2, 0.25) is 0 Å². The van der Waals surface area contributed by atoms with Gasteiger partial charge in [-0.1, -0.05) is 0 Å². The van der Waals surface area contributed by atoms with E-state index in [9.17, 15) is 4.79 Å². The third kappa shape index (κ3) is 7.78. The topological polar surface area (TPSA) is 62.8 Å². The monoisotopic (exact) mass is 415 g/mol. The summed E-state index contributed by atoms with van der Waals surface area (Å²) in [6.45, 7) is 7.59. The highest BCUT2D eigenvalue weighted by Gasteiger charge is 2.11. The zero-order valence-electron chi connectivity index (χ0n) is 15.7. The molecule has 0 radical (unpaired) electrons. The summed E-state index contributed by atoms with van der Waals surface area (Å²) in [4.78, 5) is 15.5. The van der Waals surface area contributed by atoms with Crippen LogP contribution in [0.5, 0.6) is 11.5 Å². The molecule has 0 bridgehead atoms. The predicted molar refractivity (Wildman–Crippen MR) is 112 cm³/mol. The van der Waals surface area contributed by atoms with Crippen LogP contribution in [0, 0.1) is 0 Å². The van der Waals surface area contributed by atoms with E-state index in [4.69, 9.17) is 9.47 Å². The Kier molecular flexibility index (Phi) is 10.1. The second-order valence-corrected chi connectivity index (χ2v) is 7.72. The number of rotatable bonds is 8. The van der Waals surface area contributed by atoms with Gasteiger partial charge >= 0.3 is 0 Å². The molecule has 3 rings (SSSR count). The van der Waals surface area contributed by atoms with Crippen LogP contribution in [-0.2, 0) is 4.79 Å². The molecule has 27 heavy (non-hydrogen) atoms. The maximum Gasteiger partial charge on any atom is 0.220 e. The highest BCUT2D eigenvalue weighted by Crippen LogP contribution is 2.33. The third-order valence-corrected chi connectivity index (χ3v) is 5.50. The van der Waals surface area contributed by atoms with E-state index in [0.29, 0.717) is 19.6 Å². The van der Waals surface area contributed by atoms with Gasteiger partial charge in [0, 0.05) is 56.2 Å². The van der Waals surface area contributed by atoms with E-state index >= 15 is 0 Å². The van der Waals surface area contributed by atoms with Gasteiger partial charge in [-0.15, -0.1) is 24.2 Å². The lowest BCUT2D eigenvalue weighted by molar-refractivity contribution is -0.120. The molecule has 1 aromatic rings. The number of carbonyl (C=O) groups excluding carboxylic acids is 1. The van der Waals surface area contributed by atoms with Gasteiger partial charge in [-0.25, -0.2) is 0 Å². The summed E-state index contributed by atoms with van der Waals surface area (Å²) in [6.07, 6.45) is 2.46. The zero-order chi connectivity index (χ0) is 18.0. The van der Waals surface area contributed by atoms with Crippen molar-refractivity contribution in [1.82, 2.24) is 15.5 Å². The molecule has 1 fully saturated rings. The standard InChI is InChI=1S/C19H29N3O3S.ClH/c23-19(21-6-1-9-22-10-7-20-8-11-22)5-14-26-16-3-4-17-18(15-16)25-13-2-12-24-17;/h3-4,15,20H,1-2,5-14H2,(H,21,23);1H.